The summed E-state index contributed by atoms with van der Waals surface area (Å²) in [6.07, 6.45) is 1.77. The van der Waals surface area contributed by atoms with Gasteiger partial charge in [0.15, 0.2) is 5.82 Å². The van der Waals surface area contributed by atoms with E-state index in [4.69, 9.17) is 5.73 Å². The van der Waals surface area contributed by atoms with E-state index in [1.165, 1.54) is 0 Å². The minimum absolute atomic E-state index is 0.145. The molecule has 0 unspecified atom stereocenters. The lowest BCUT2D eigenvalue weighted by molar-refractivity contribution is 0.262. The van der Waals surface area contributed by atoms with Crippen LogP contribution in [0.15, 0.2) is 54.7 Å². The van der Waals surface area contributed by atoms with Gasteiger partial charge < -0.3 is 16.4 Å². The third-order valence-electron chi connectivity index (χ3n) is 4.57. The molecule has 0 saturated heterocycles. The first kappa shape index (κ1) is 18.4. The molecule has 0 spiro atoms. The lowest BCUT2D eigenvalue weighted by atomic mass is 10.1. The highest BCUT2D eigenvalue weighted by molar-refractivity contribution is 6.00. The quantitative estimate of drug-likeness (QED) is 0.484. The molecule has 7 nitrogen and oxygen atoms in total. The SMILES string of the molecule is Cc1cc(C)c(F)c(NC(=O)Nc2ccc(-c3cccn4nnc(N)c34)cc2)c1. The summed E-state index contributed by atoms with van der Waals surface area (Å²) in [5, 5.41) is 13.1. The van der Waals surface area contributed by atoms with Crippen molar-refractivity contribution >= 4 is 28.7 Å². The summed E-state index contributed by atoms with van der Waals surface area (Å²) in [7, 11) is 0. The van der Waals surface area contributed by atoms with Crippen LogP contribution in [0.1, 0.15) is 11.1 Å². The third-order valence-corrected chi connectivity index (χ3v) is 4.57. The van der Waals surface area contributed by atoms with Crippen LogP contribution in [-0.2, 0) is 0 Å². The number of urea groups is 1. The fraction of sp³-hybridized carbons (Fsp3) is 0.0952. The minimum Gasteiger partial charge on any atom is -0.380 e. The van der Waals surface area contributed by atoms with E-state index in [9.17, 15) is 9.18 Å². The average Bonchev–Trinajstić information content (AvgIpc) is 3.07. The number of carbonyl (C=O) groups excluding carboxylic acids is 1. The number of rotatable bonds is 3. The van der Waals surface area contributed by atoms with Gasteiger partial charge in [0.2, 0.25) is 0 Å². The standard InChI is InChI=1S/C21H19FN6O/c1-12-10-13(2)18(22)17(11-12)25-21(29)24-15-7-5-14(6-8-15)16-4-3-9-28-19(16)20(23)26-27-28/h3-11H,23H2,1-2H3,(H2,24,25,29). The number of nitrogens with two attached hydrogens (primary N) is 1. The molecule has 2 heterocycles. The van der Waals surface area contributed by atoms with Crippen molar-refractivity contribution in [2.24, 2.45) is 0 Å². The number of nitrogen functional groups attached to an aromatic ring is 1. The van der Waals surface area contributed by atoms with Gasteiger partial charge >= 0.3 is 6.03 Å². The lowest BCUT2D eigenvalue weighted by Crippen LogP contribution is -2.20. The molecule has 0 saturated carbocycles. The summed E-state index contributed by atoms with van der Waals surface area (Å²) in [4.78, 5) is 12.3. The second-order valence-corrected chi connectivity index (χ2v) is 6.79. The van der Waals surface area contributed by atoms with Crippen molar-refractivity contribution in [1.29, 1.82) is 0 Å². The normalized spacial score (nSPS) is 10.9. The summed E-state index contributed by atoms with van der Waals surface area (Å²) < 4.78 is 15.8. The molecule has 8 heteroatoms. The van der Waals surface area contributed by atoms with Crippen LogP contribution in [-0.4, -0.2) is 20.9 Å². The number of pyridine rings is 1. The fourth-order valence-corrected chi connectivity index (χ4v) is 3.26. The Balaban J connectivity index is 1.53. The first-order valence-electron chi connectivity index (χ1n) is 8.97. The smallest absolute Gasteiger partial charge is 0.323 e. The Hall–Kier alpha value is -3.94. The third kappa shape index (κ3) is 3.60. The number of hydrogen-bond acceptors (Lipinski definition) is 4. The molecule has 4 rings (SSSR count). The van der Waals surface area contributed by atoms with Gasteiger partial charge in [0.1, 0.15) is 11.3 Å². The molecule has 0 bridgehead atoms. The van der Waals surface area contributed by atoms with Crippen LogP contribution in [0.5, 0.6) is 0 Å². The van der Waals surface area contributed by atoms with E-state index >= 15 is 0 Å². The van der Waals surface area contributed by atoms with Crippen LogP contribution in [0.4, 0.5) is 26.4 Å². The van der Waals surface area contributed by atoms with Crippen LogP contribution in [0, 0.1) is 19.7 Å². The molecule has 0 aliphatic carbocycles. The van der Waals surface area contributed by atoms with Gasteiger partial charge in [-0.15, -0.1) is 5.10 Å². The highest BCUT2D eigenvalue weighted by atomic mass is 19.1. The van der Waals surface area contributed by atoms with Gasteiger partial charge in [0.05, 0.1) is 5.69 Å². The van der Waals surface area contributed by atoms with E-state index in [0.29, 0.717) is 17.1 Å². The van der Waals surface area contributed by atoms with E-state index in [0.717, 1.165) is 22.2 Å². The highest BCUT2D eigenvalue weighted by Crippen LogP contribution is 2.28. The summed E-state index contributed by atoms with van der Waals surface area (Å²) >= 11 is 0. The van der Waals surface area contributed by atoms with Crippen LogP contribution < -0.4 is 16.4 Å². The van der Waals surface area contributed by atoms with E-state index in [1.54, 1.807) is 41.9 Å². The predicted octanol–water partition coefficient (Wildman–Crippen LogP) is 4.38. The van der Waals surface area contributed by atoms with Crippen LogP contribution >= 0.6 is 0 Å². The van der Waals surface area contributed by atoms with Gasteiger partial charge in [0.25, 0.3) is 0 Å². The highest BCUT2D eigenvalue weighted by Gasteiger charge is 2.12. The zero-order chi connectivity index (χ0) is 20.5. The predicted molar refractivity (Wildman–Crippen MR) is 111 cm³/mol. The van der Waals surface area contributed by atoms with Crippen molar-refractivity contribution in [3.05, 3.63) is 71.7 Å². The van der Waals surface area contributed by atoms with Crippen molar-refractivity contribution < 1.29 is 9.18 Å². The number of nitrogens with zero attached hydrogens (tertiary/aromatic N) is 3. The molecule has 4 aromatic rings. The molecule has 0 atom stereocenters. The fourth-order valence-electron chi connectivity index (χ4n) is 3.26. The van der Waals surface area contributed by atoms with Gasteiger partial charge in [-0.1, -0.05) is 29.5 Å². The van der Waals surface area contributed by atoms with E-state index in [1.807, 2.05) is 31.2 Å². The van der Waals surface area contributed by atoms with Gasteiger partial charge in [-0.05, 0) is 54.8 Å². The number of amides is 2. The Morgan fingerprint density at radius 3 is 2.62 bits per heavy atom. The number of halogens is 1. The van der Waals surface area contributed by atoms with Crippen molar-refractivity contribution in [2.75, 3.05) is 16.4 Å². The Bertz CT molecular complexity index is 1220. The van der Waals surface area contributed by atoms with Crippen molar-refractivity contribution in [1.82, 2.24) is 14.8 Å². The number of benzene rings is 2. The maximum absolute atomic E-state index is 14.2. The summed E-state index contributed by atoms with van der Waals surface area (Å²) in [6, 6.07) is 13.8. The van der Waals surface area contributed by atoms with Gasteiger partial charge in [0, 0.05) is 17.4 Å². The number of aryl methyl sites for hydroxylation is 2. The van der Waals surface area contributed by atoms with E-state index in [2.05, 4.69) is 20.9 Å². The molecule has 2 aromatic carbocycles. The first-order chi connectivity index (χ1) is 13.9. The zero-order valence-corrected chi connectivity index (χ0v) is 15.9. The first-order valence-corrected chi connectivity index (χ1v) is 8.97. The van der Waals surface area contributed by atoms with E-state index < -0.39 is 11.8 Å². The van der Waals surface area contributed by atoms with Gasteiger partial charge in [-0.25, -0.2) is 13.7 Å². The molecule has 0 fully saturated rings. The van der Waals surface area contributed by atoms with E-state index in [-0.39, 0.29) is 5.69 Å². The number of anilines is 3. The van der Waals surface area contributed by atoms with Gasteiger partial charge in [-0.2, -0.15) is 0 Å². The van der Waals surface area contributed by atoms with Crippen LogP contribution in [0.25, 0.3) is 16.6 Å². The second kappa shape index (κ2) is 7.23. The molecule has 2 amide bonds. The Morgan fingerprint density at radius 1 is 1.10 bits per heavy atom. The van der Waals surface area contributed by atoms with Crippen molar-refractivity contribution in [3.63, 3.8) is 0 Å². The summed E-state index contributed by atoms with van der Waals surface area (Å²) in [5.41, 5.74) is 10.5. The van der Waals surface area contributed by atoms with Crippen LogP contribution in [0.3, 0.4) is 0 Å². The summed E-state index contributed by atoms with van der Waals surface area (Å²) in [5.74, 6) is -0.0983. The molecule has 29 heavy (non-hydrogen) atoms. The second-order valence-electron chi connectivity index (χ2n) is 6.79. The molecule has 146 valence electrons. The number of carbonyl (C=O) groups is 1. The zero-order valence-electron chi connectivity index (χ0n) is 15.9. The monoisotopic (exact) mass is 390 g/mol. The Morgan fingerprint density at radius 2 is 1.86 bits per heavy atom. The molecular weight excluding hydrogens is 371 g/mol. The van der Waals surface area contributed by atoms with Crippen molar-refractivity contribution in [2.45, 2.75) is 13.8 Å². The Labute approximate surface area is 166 Å². The molecule has 4 N–H and O–H groups in total. The maximum Gasteiger partial charge on any atom is 0.323 e. The number of fused-ring (bicyclic) bond motifs is 1. The lowest BCUT2D eigenvalue weighted by Gasteiger charge is -2.11. The largest absolute Gasteiger partial charge is 0.380 e. The molecule has 2 aromatic heterocycles. The topological polar surface area (TPSA) is 97.3 Å². The molecule has 0 aliphatic rings. The van der Waals surface area contributed by atoms with Gasteiger partial charge in [-0.3, -0.25) is 0 Å². The van der Waals surface area contributed by atoms with Crippen LogP contribution in [0.2, 0.25) is 0 Å². The minimum atomic E-state index is -0.520. The maximum atomic E-state index is 14.2. The van der Waals surface area contributed by atoms with Crippen molar-refractivity contribution in [3.8, 4) is 11.1 Å². The molecule has 0 aliphatic heterocycles. The Kier molecular flexibility index (Phi) is 4.59. The summed E-state index contributed by atoms with van der Waals surface area (Å²) in [6.45, 7) is 3.51. The molecular formula is C21H19FN6O. The number of aromatic nitrogens is 3. The average molecular weight is 390 g/mol. The number of hydrogen-bond donors (Lipinski definition) is 3. The number of nitrogens with one attached hydrogen (secondary N) is 2. The molecule has 0 radical (unpaired) electrons.